The molecule has 0 atom stereocenters. The van der Waals surface area contributed by atoms with Gasteiger partial charge in [-0.1, -0.05) is 24.3 Å². The summed E-state index contributed by atoms with van der Waals surface area (Å²) in [7, 11) is 1.78. The Morgan fingerprint density at radius 2 is 1.89 bits per heavy atom. The number of aliphatic imine (C=N–C) groups is 1. The highest BCUT2D eigenvalue weighted by Crippen LogP contribution is 2.17. The first-order chi connectivity index (χ1) is 13.3. The number of halogens is 1. The van der Waals surface area contributed by atoms with E-state index in [1.54, 1.807) is 7.05 Å². The first kappa shape index (κ1) is 22.3. The third kappa shape index (κ3) is 7.18. The molecule has 0 spiro atoms. The van der Waals surface area contributed by atoms with Gasteiger partial charge in [0.2, 0.25) is 0 Å². The standard InChI is InChI=1S/C21H29N5O.HI/c1-22-21(23-12-7-15-27-19-8-3-2-4-9-19)25-17-18-10-11-20(24-16-18)26-13-5-6-14-26;/h2-4,8-11,16H,5-7,12-15,17H2,1H3,(H2,22,23,25);1H. The predicted molar refractivity (Wildman–Crippen MR) is 126 cm³/mol. The van der Waals surface area contributed by atoms with Crippen LogP contribution in [0.2, 0.25) is 0 Å². The Balaban J connectivity index is 0.00000280. The Morgan fingerprint density at radius 3 is 2.57 bits per heavy atom. The summed E-state index contributed by atoms with van der Waals surface area (Å²) in [6, 6.07) is 14.1. The van der Waals surface area contributed by atoms with Gasteiger partial charge in [-0.05, 0) is 43.0 Å². The Bertz CT molecular complexity index is 702. The quantitative estimate of drug-likeness (QED) is 0.254. The summed E-state index contributed by atoms with van der Waals surface area (Å²) in [6.45, 7) is 4.42. The molecule has 1 fully saturated rings. The largest absolute Gasteiger partial charge is 0.494 e. The van der Waals surface area contributed by atoms with Crippen LogP contribution in [0, 0.1) is 0 Å². The lowest BCUT2D eigenvalue weighted by molar-refractivity contribution is 0.311. The van der Waals surface area contributed by atoms with E-state index in [0.717, 1.165) is 49.1 Å². The number of pyridine rings is 1. The smallest absolute Gasteiger partial charge is 0.191 e. The molecule has 152 valence electrons. The van der Waals surface area contributed by atoms with Gasteiger partial charge >= 0.3 is 0 Å². The zero-order chi connectivity index (χ0) is 18.7. The third-order valence-electron chi connectivity index (χ3n) is 4.55. The van der Waals surface area contributed by atoms with Crippen LogP contribution in [0.4, 0.5) is 5.82 Å². The molecule has 0 aliphatic carbocycles. The number of anilines is 1. The molecule has 7 heteroatoms. The highest BCUT2D eigenvalue weighted by Gasteiger charge is 2.12. The zero-order valence-electron chi connectivity index (χ0n) is 16.4. The monoisotopic (exact) mass is 495 g/mol. The van der Waals surface area contributed by atoms with Crippen LogP contribution in [-0.2, 0) is 6.54 Å². The van der Waals surface area contributed by atoms with Crippen LogP contribution >= 0.6 is 24.0 Å². The minimum Gasteiger partial charge on any atom is -0.494 e. The fourth-order valence-electron chi connectivity index (χ4n) is 3.05. The second kappa shape index (κ2) is 12.4. The molecule has 0 bridgehead atoms. The summed E-state index contributed by atoms with van der Waals surface area (Å²) in [4.78, 5) is 11.2. The average molecular weight is 495 g/mol. The van der Waals surface area contributed by atoms with Crippen molar-refractivity contribution in [1.29, 1.82) is 0 Å². The average Bonchev–Trinajstić information content (AvgIpc) is 3.26. The lowest BCUT2D eigenvalue weighted by Crippen LogP contribution is -2.37. The number of ether oxygens (including phenoxy) is 1. The summed E-state index contributed by atoms with van der Waals surface area (Å²) in [6.07, 6.45) is 5.38. The Kier molecular flexibility index (Phi) is 9.88. The van der Waals surface area contributed by atoms with E-state index >= 15 is 0 Å². The number of hydrogen-bond donors (Lipinski definition) is 2. The number of aromatic nitrogens is 1. The Morgan fingerprint density at radius 1 is 1.11 bits per heavy atom. The van der Waals surface area contributed by atoms with E-state index in [9.17, 15) is 0 Å². The Labute approximate surface area is 184 Å². The highest BCUT2D eigenvalue weighted by molar-refractivity contribution is 14.0. The summed E-state index contributed by atoms with van der Waals surface area (Å²) < 4.78 is 5.69. The lowest BCUT2D eigenvalue weighted by Gasteiger charge is -2.16. The van der Waals surface area contributed by atoms with E-state index in [2.05, 4.69) is 37.6 Å². The molecule has 1 saturated heterocycles. The second-order valence-electron chi connectivity index (χ2n) is 6.59. The summed E-state index contributed by atoms with van der Waals surface area (Å²) in [5, 5.41) is 6.64. The number of para-hydroxylation sites is 1. The summed E-state index contributed by atoms with van der Waals surface area (Å²) in [5.74, 6) is 2.78. The van der Waals surface area contributed by atoms with Crippen molar-refractivity contribution in [2.75, 3.05) is 38.2 Å². The van der Waals surface area contributed by atoms with Crippen LogP contribution in [0.15, 0.2) is 53.7 Å². The van der Waals surface area contributed by atoms with Crippen molar-refractivity contribution in [2.45, 2.75) is 25.8 Å². The first-order valence-corrected chi connectivity index (χ1v) is 9.67. The van der Waals surface area contributed by atoms with E-state index in [1.807, 2.05) is 36.5 Å². The summed E-state index contributed by atoms with van der Waals surface area (Å²) in [5.41, 5.74) is 1.15. The number of rotatable bonds is 8. The van der Waals surface area contributed by atoms with Crippen LogP contribution in [0.3, 0.4) is 0 Å². The zero-order valence-corrected chi connectivity index (χ0v) is 18.8. The Hall–Kier alpha value is -2.03. The van der Waals surface area contributed by atoms with E-state index in [-0.39, 0.29) is 24.0 Å². The minimum atomic E-state index is 0. The van der Waals surface area contributed by atoms with E-state index < -0.39 is 0 Å². The van der Waals surface area contributed by atoms with Gasteiger partial charge in [0.05, 0.1) is 6.61 Å². The van der Waals surface area contributed by atoms with Gasteiger partial charge in [-0.15, -0.1) is 24.0 Å². The van der Waals surface area contributed by atoms with E-state index in [4.69, 9.17) is 4.74 Å². The fraction of sp³-hybridized carbons (Fsp3) is 0.429. The van der Waals surface area contributed by atoms with Crippen molar-refractivity contribution in [3.8, 4) is 5.75 Å². The molecule has 1 aromatic carbocycles. The molecule has 1 aliphatic rings. The van der Waals surface area contributed by atoms with Gasteiger partial charge in [-0.2, -0.15) is 0 Å². The molecule has 3 rings (SSSR count). The molecule has 28 heavy (non-hydrogen) atoms. The van der Waals surface area contributed by atoms with Crippen molar-refractivity contribution in [1.82, 2.24) is 15.6 Å². The van der Waals surface area contributed by atoms with Gasteiger partial charge in [-0.25, -0.2) is 4.98 Å². The normalized spacial score (nSPS) is 13.8. The lowest BCUT2D eigenvalue weighted by atomic mass is 10.3. The minimum absolute atomic E-state index is 0. The number of benzene rings is 1. The number of nitrogens with zero attached hydrogens (tertiary/aromatic N) is 3. The van der Waals surface area contributed by atoms with Gasteiger partial charge in [0, 0.05) is 39.4 Å². The maximum absolute atomic E-state index is 5.69. The maximum Gasteiger partial charge on any atom is 0.191 e. The van der Waals surface area contributed by atoms with Crippen molar-refractivity contribution < 1.29 is 4.74 Å². The van der Waals surface area contributed by atoms with Crippen molar-refractivity contribution in [2.24, 2.45) is 4.99 Å². The molecule has 2 aromatic rings. The van der Waals surface area contributed by atoms with Gasteiger partial charge in [-0.3, -0.25) is 4.99 Å². The predicted octanol–water partition coefficient (Wildman–Crippen LogP) is 3.43. The molecule has 0 unspecified atom stereocenters. The highest BCUT2D eigenvalue weighted by atomic mass is 127. The molecular formula is C21H30IN5O. The molecular weight excluding hydrogens is 465 g/mol. The van der Waals surface area contributed by atoms with Gasteiger partial charge in [0.15, 0.2) is 5.96 Å². The van der Waals surface area contributed by atoms with E-state index in [1.165, 1.54) is 12.8 Å². The topological polar surface area (TPSA) is 61.8 Å². The SMILES string of the molecule is CN=C(NCCCOc1ccccc1)NCc1ccc(N2CCCC2)nc1.I. The van der Waals surface area contributed by atoms with Gasteiger partial charge in [0.25, 0.3) is 0 Å². The number of nitrogens with one attached hydrogen (secondary N) is 2. The summed E-state index contributed by atoms with van der Waals surface area (Å²) >= 11 is 0. The molecule has 2 heterocycles. The number of hydrogen-bond acceptors (Lipinski definition) is 4. The molecule has 6 nitrogen and oxygen atoms in total. The second-order valence-corrected chi connectivity index (χ2v) is 6.59. The molecule has 0 radical (unpaired) electrons. The van der Waals surface area contributed by atoms with Crippen molar-refractivity contribution in [3.63, 3.8) is 0 Å². The van der Waals surface area contributed by atoms with Crippen LogP contribution in [0.1, 0.15) is 24.8 Å². The van der Waals surface area contributed by atoms with Crippen LogP contribution in [0.25, 0.3) is 0 Å². The van der Waals surface area contributed by atoms with Gasteiger partial charge < -0.3 is 20.3 Å². The molecule has 1 aromatic heterocycles. The molecule has 0 amide bonds. The van der Waals surface area contributed by atoms with Gasteiger partial charge in [0.1, 0.15) is 11.6 Å². The third-order valence-corrected chi connectivity index (χ3v) is 4.55. The van der Waals surface area contributed by atoms with E-state index in [0.29, 0.717) is 13.2 Å². The number of guanidine groups is 1. The van der Waals surface area contributed by atoms with Crippen LogP contribution in [-0.4, -0.2) is 44.2 Å². The van der Waals surface area contributed by atoms with Crippen molar-refractivity contribution in [3.05, 3.63) is 54.2 Å². The van der Waals surface area contributed by atoms with Crippen molar-refractivity contribution >= 4 is 35.8 Å². The fourth-order valence-corrected chi connectivity index (χ4v) is 3.05. The van der Waals surface area contributed by atoms with Crippen LogP contribution in [0.5, 0.6) is 5.75 Å². The molecule has 2 N–H and O–H groups in total. The molecule has 0 saturated carbocycles. The maximum atomic E-state index is 5.69. The first-order valence-electron chi connectivity index (χ1n) is 9.67. The van der Waals surface area contributed by atoms with Crippen LogP contribution < -0.4 is 20.3 Å². The molecule has 1 aliphatic heterocycles.